The van der Waals surface area contributed by atoms with Gasteiger partial charge >= 0.3 is 18.2 Å². The van der Waals surface area contributed by atoms with Gasteiger partial charge < -0.3 is 21.1 Å². The molecule has 4 N–H and O–H groups in total. The van der Waals surface area contributed by atoms with Gasteiger partial charge in [-0.2, -0.15) is 14.0 Å². The number of carboxylic acid groups (broad SMARTS) is 1. The molecule has 1 heterocycles. The highest BCUT2D eigenvalue weighted by Gasteiger charge is 2.08. The van der Waals surface area contributed by atoms with Crippen molar-refractivity contribution in [1.29, 1.82) is 0 Å². The number of hydrogen-bond acceptors (Lipinski definition) is 6. The maximum atomic E-state index is 12.9. The average Bonchev–Trinajstić information content (AvgIpc) is 2.66. The lowest BCUT2D eigenvalue weighted by atomic mass is 10.2. The number of nitrogens with zero attached hydrogens (tertiary/aromatic N) is 1. The Labute approximate surface area is 167 Å². The van der Waals surface area contributed by atoms with Crippen LogP contribution in [0.2, 0.25) is 0 Å². The number of urea groups is 1. The van der Waals surface area contributed by atoms with Crippen molar-refractivity contribution in [3.63, 3.8) is 0 Å². The van der Waals surface area contributed by atoms with Crippen LogP contribution in [-0.2, 0) is 14.4 Å². The van der Waals surface area contributed by atoms with Crippen LogP contribution in [0.4, 0.5) is 9.18 Å². The van der Waals surface area contributed by atoms with E-state index in [2.05, 4.69) is 20.9 Å². The number of nitrogens with one attached hydrogen (secondary N) is 3. The lowest BCUT2D eigenvalue weighted by Gasteiger charge is -2.13. The summed E-state index contributed by atoms with van der Waals surface area (Å²) in [5.74, 6) is -1.93. The van der Waals surface area contributed by atoms with Gasteiger partial charge in [-0.3, -0.25) is 9.59 Å². The molecule has 0 aliphatic heterocycles. The van der Waals surface area contributed by atoms with Crippen molar-refractivity contribution in [2.75, 3.05) is 13.1 Å². The van der Waals surface area contributed by atoms with E-state index in [1.54, 1.807) is 6.92 Å². The number of pyridine rings is 1. The average molecular weight is 411 g/mol. The molecule has 1 aromatic heterocycles. The van der Waals surface area contributed by atoms with Gasteiger partial charge in [0, 0.05) is 43.4 Å². The van der Waals surface area contributed by atoms with E-state index in [4.69, 9.17) is 14.7 Å². The van der Waals surface area contributed by atoms with Gasteiger partial charge in [-0.25, -0.2) is 9.78 Å². The highest BCUT2D eigenvalue weighted by molar-refractivity contribution is 5.93. The molecular weight excluding hydrogens is 386 g/mol. The third kappa shape index (κ3) is 14.4. The summed E-state index contributed by atoms with van der Waals surface area (Å²) in [6, 6.07) is 1.99. The number of hydrogen-bond donors (Lipinski definition) is 4. The quantitative estimate of drug-likeness (QED) is 0.314. The van der Waals surface area contributed by atoms with Crippen LogP contribution in [0.25, 0.3) is 0 Å². The van der Waals surface area contributed by atoms with Crippen molar-refractivity contribution in [3.8, 4) is 0 Å². The zero-order valence-electron chi connectivity index (χ0n) is 16.1. The van der Waals surface area contributed by atoms with Gasteiger partial charge in [-0.05, 0) is 38.7 Å². The van der Waals surface area contributed by atoms with Crippen LogP contribution < -0.4 is 16.0 Å². The minimum Gasteiger partial charge on any atom is -0.481 e. The van der Waals surface area contributed by atoms with Gasteiger partial charge in [-0.15, -0.1) is 0 Å². The molecule has 0 aliphatic carbocycles. The first-order chi connectivity index (χ1) is 13.8. The van der Waals surface area contributed by atoms with Gasteiger partial charge in [0.2, 0.25) is 5.95 Å². The molecule has 0 radical (unpaired) electrons. The maximum absolute atomic E-state index is 12.9. The van der Waals surface area contributed by atoms with Crippen molar-refractivity contribution in [2.24, 2.45) is 0 Å². The van der Waals surface area contributed by atoms with E-state index in [1.807, 2.05) is 0 Å². The molecule has 1 atom stereocenters. The highest BCUT2D eigenvalue weighted by atomic mass is 18.2. The van der Waals surface area contributed by atoms with Crippen LogP contribution in [0, 0.1) is 5.95 Å². The first kappa shape index (κ1) is 25.7. The normalized spacial score (nSPS) is 10.6. The van der Waals surface area contributed by atoms with Gasteiger partial charge in [0.25, 0.3) is 5.91 Å². The van der Waals surface area contributed by atoms with E-state index in [0.717, 1.165) is 25.3 Å². The molecule has 0 spiro atoms. The topological polar surface area (TPSA) is 155 Å². The van der Waals surface area contributed by atoms with E-state index in [1.165, 1.54) is 12.3 Å². The molecule has 1 unspecified atom stereocenters. The van der Waals surface area contributed by atoms with Crippen molar-refractivity contribution >= 4 is 24.1 Å². The van der Waals surface area contributed by atoms with Crippen molar-refractivity contribution in [2.45, 2.75) is 45.1 Å². The number of unbranched alkanes of at least 4 members (excludes halogenated alkanes) is 2. The molecule has 0 saturated heterocycles. The Bertz CT molecular complexity index is 695. The third-order valence-corrected chi connectivity index (χ3v) is 3.58. The van der Waals surface area contributed by atoms with Crippen LogP contribution in [0.15, 0.2) is 18.3 Å². The summed E-state index contributed by atoms with van der Waals surface area (Å²) in [6.07, 6.45) is 4.17. The molecule has 0 bridgehead atoms. The first-order valence-corrected chi connectivity index (χ1v) is 8.95. The summed E-state index contributed by atoms with van der Waals surface area (Å²) in [7, 11) is 0. The fraction of sp³-hybridized carbons (Fsp3) is 0.500. The number of rotatable bonds is 11. The second kappa shape index (κ2) is 15.7. The molecule has 1 rings (SSSR count). The minimum absolute atomic E-state index is 0.0132. The van der Waals surface area contributed by atoms with Crippen molar-refractivity contribution < 1.29 is 33.5 Å². The second-order valence-corrected chi connectivity index (χ2v) is 6.00. The number of amides is 3. The van der Waals surface area contributed by atoms with Crippen LogP contribution in [-0.4, -0.2) is 53.3 Å². The molecule has 160 valence electrons. The Morgan fingerprint density at radius 3 is 2.38 bits per heavy atom. The van der Waals surface area contributed by atoms with Crippen LogP contribution >= 0.6 is 0 Å². The summed E-state index contributed by atoms with van der Waals surface area (Å²) in [6.45, 7) is 2.70. The molecule has 0 aliphatic rings. The van der Waals surface area contributed by atoms with E-state index in [-0.39, 0.29) is 36.1 Å². The van der Waals surface area contributed by atoms with E-state index in [9.17, 15) is 18.8 Å². The van der Waals surface area contributed by atoms with Crippen molar-refractivity contribution in [1.82, 2.24) is 20.9 Å². The smallest absolute Gasteiger partial charge is 0.373 e. The number of aliphatic carboxylic acids is 1. The van der Waals surface area contributed by atoms with E-state index < -0.39 is 11.9 Å². The fourth-order valence-electron chi connectivity index (χ4n) is 2.16. The maximum Gasteiger partial charge on any atom is 0.373 e. The monoisotopic (exact) mass is 411 g/mol. The highest BCUT2D eigenvalue weighted by Crippen LogP contribution is 2.01. The second-order valence-electron chi connectivity index (χ2n) is 6.00. The van der Waals surface area contributed by atoms with Gasteiger partial charge in [0.05, 0.1) is 0 Å². The minimum atomic E-state index is -0.889. The summed E-state index contributed by atoms with van der Waals surface area (Å²) in [5, 5.41) is 16.6. The van der Waals surface area contributed by atoms with Crippen molar-refractivity contribution in [3.05, 3.63) is 29.8 Å². The van der Waals surface area contributed by atoms with Gasteiger partial charge in [-0.1, -0.05) is 0 Å². The Kier molecular flexibility index (Phi) is 13.9. The van der Waals surface area contributed by atoms with Crippen LogP contribution in [0.1, 0.15) is 49.4 Å². The number of carbonyl (C=O) groups excluding carboxylic acids is 4. The molecule has 0 aromatic carbocycles. The standard InChI is InChI=1S/C17H25FN4O4.CO2/c1-12(5-6-15(23)24)22-17(26)21-9-4-2-3-8-20-16(25)13-7-10-19-14(18)11-13;2-1-3/h7,10-12H,2-6,8-9H2,1H3,(H,20,25)(H,23,24)(H2,21,22,26);/i18-1;. The lowest BCUT2D eigenvalue weighted by Crippen LogP contribution is -2.41. The first-order valence-electron chi connectivity index (χ1n) is 8.95. The van der Waals surface area contributed by atoms with Crippen LogP contribution in [0.3, 0.4) is 0 Å². The zero-order valence-corrected chi connectivity index (χ0v) is 16.1. The largest absolute Gasteiger partial charge is 0.481 e. The molecular formula is C18H25FN4O6. The van der Waals surface area contributed by atoms with Gasteiger partial charge in [0.15, 0.2) is 0 Å². The van der Waals surface area contributed by atoms with Crippen LogP contribution in [0.5, 0.6) is 0 Å². The molecule has 0 saturated carbocycles. The number of halogens is 1. The predicted octanol–water partition coefficient (Wildman–Crippen LogP) is 1.09. The predicted molar refractivity (Wildman–Crippen MR) is 98.3 cm³/mol. The number of aromatic nitrogens is 1. The summed E-state index contributed by atoms with van der Waals surface area (Å²) in [4.78, 5) is 53.5. The van der Waals surface area contributed by atoms with E-state index >= 15 is 0 Å². The van der Waals surface area contributed by atoms with Gasteiger partial charge in [0.1, 0.15) is 0 Å². The molecule has 10 nitrogen and oxygen atoms in total. The SMILES string of the molecule is CC(CCC(=O)O)NC(=O)NCCCCCNC(=O)c1ccnc([18F])c1.O=C=O. The Hall–Kier alpha value is -3.33. The summed E-state index contributed by atoms with van der Waals surface area (Å²) < 4.78 is 12.9. The fourth-order valence-corrected chi connectivity index (χ4v) is 2.16. The number of carboxylic acids is 1. The molecule has 3 amide bonds. The Morgan fingerprint density at radius 2 is 1.79 bits per heavy atom. The Morgan fingerprint density at radius 1 is 1.17 bits per heavy atom. The molecule has 11 heteroatoms. The van der Waals surface area contributed by atoms with E-state index in [0.29, 0.717) is 19.5 Å². The molecule has 0 fully saturated rings. The Balaban J connectivity index is 0.00000245. The summed E-state index contributed by atoms with van der Waals surface area (Å²) >= 11 is 0. The third-order valence-electron chi connectivity index (χ3n) is 3.58. The summed E-state index contributed by atoms with van der Waals surface area (Å²) in [5.41, 5.74) is 0.229. The molecule has 1 aromatic rings. The number of carbonyl (C=O) groups is 3. The zero-order chi connectivity index (χ0) is 22.1. The molecule has 29 heavy (non-hydrogen) atoms. The lowest BCUT2D eigenvalue weighted by molar-refractivity contribution is -0.191.